The van der Waals surface area contributed by atoms with E-state index in [9.17, 15) is 19.2 Å². The van der Waals surface area contributed by atoms with E-state index in [0.29, 0.717) is 0 Å². The summed E-state index contributed by atoms with van der Waals surface area (Å²) in [6, 6.07) is 16.1. The number of nitrogens with zero attached hydrogens (tertiary/aromatic N) is 5. The molecule has 1 aliphatic rings. The van der Waals surface area contributed by atoms with Gasteiger partial charge in [-0.3, -0.25) is 14.4 Å². The van der Waals surface area contributed by atoms with Crippen LogP contribution in [0.25, 0.3) is 21.6 Å². The minimum absolute atomic E-state index is 0.0160. The van der Waals surface area contributed by atoms with Gasteiger partial charge in [0.2, 0.25) is 17.7 Å². The summed E-state index contributed by atoms with van der Waals surface area (Å²) >= 11 is 0. The van der Waals surface area contributed by atoms with Gasteiger partial charge in [-0.25, -0.2) is 4.79 Å². The molecular weight excluding hydrogens is 530 g/mol. The number of ether oxygens (including phenoxy) is 2. The zero-order valence-corrected chi connectivity index (χ0v) is 23.2. The van der Waals surface area contributed by atoms with E-state index in [1.54, 1.807) is 0 Å². The van der Waals surface area contributed by atoms with Crippen molar-refractivity contribution in [2.45, 2.75) is 12.3 Å². The first-order valence-corrected chi connectivity index (χ1v) is 13.2. The van der Waals surface area contributed by atoms with Gasteiger partial charge in [-0.05, 0) is 27.8 Å². The molecule has 41 heavy (non-hydrogen) atoms. The molecule has 0 aromatic heterocycles. The molecule has 218 valence electrons. The standard InChI is InChI=1S/C28H35N7O6/c1-34(17-25(36)30-13-15-40-16-14-32-33-29)27(38)18-35(2)26(37)11-12-31-28(39)41-19-24-22-9-5-3-7-20(22)21-8-4-6-10-23(21)24/h3-10,24H,11-19H2,1-2H3,(H,30,36)(H,31,39). The van der Waals surface area contributed by atoms with E-state index in [0.717, 1.165) is 22.3 Å². The van der Waals surface area contributed by atoms with Gasteiger partial charge in [0, 0.05) is 51.0 Å². The zero-order chi connectivity index (χ0) is 29.6. The number of rotatable bonds is 15. The van der Waals surface area contributed by atoms with E-state index in [4.69, 9.17) is 15.0 Å². The number of amides is 4. The van der Waals surface area contributed by atoms with Crippen LogP contribution in [0.5, 0.6) is 0 Å². The molecule has 2 N–H and O–H groups in total. The minimum atomic E-state index is -0.620. The lowest BCUT2D eigenvalue weighted by molar-refractivity contribution is -0.140. The van der Waals surface area contributed by atoms with E-state index in [1.807, 2.05) is 36.4 Å². The number of azide groups is 1. The maximum Gasteiger partial charge on any atom is 0.407 e. The van der Waals surface area contributed by atoms with Crippen LogP contribution in [0.2, 0.25) is 0 Å². The predicted molar refractivity (Wildman–Crippen MR) is 151 cm³/mol. The zero-order valence-electron chi connectivity index (χ0n) is 23.2. The summed E-state index contributed by atoms with van der Waals surface area (Å²) in [6.07, 6.45) is -0.636. The Morgan fingerprint density at radius 1 is 0.878 bits per heavy atom. The Hall–Kier alpha value is -4.61. The number of carbonyl (C=O) groups excluding carboxylic acids is 4. The second-order valence-electron chi connectivity index (χ2n) is 9.42. The van der Waals surface area contributed by atoms with Crippen LogP contribution in [0, 0.1) is 0 Å². The van der Waals surface area contributed by atoms with Gasteiger partial charge in [0.05, 0.1) is 26.3 Å². The van der Waals surface area contributed by atoms with Crippen molar-refractivity contribution in [1.29, 1.82) is 0 Å². The van der Waals surface area contributed by atoms with Gasteiger partial charge in [0.1, 0.15) is 6.61 Å². The Balaban J connectivity index is 1.32. The third-order valence-corrected chi connectivity index (χ3v) is 6.52. The second-order valence-corrected chi connectivity index (χ2v) is 9.42. The molecule has 2 aromatic rings. The van der Waals surface area contributed by atoms with Crippen LogP contribution in [0.15, 0.2) is 53.6 Å². The normalized spacial score (nSPS) is 11.5. The lowest BCUT2D eigenvalue weighted by atomic mass is 9.98. The quantitative estimate of drug-likeness (QED) is 0.145. The SMILES string of the molecule is CN(CC(=O)NCCOCCN=[N+]=[N-])C(=O)CN(C)C(=O)CCNC(=O)OCC1c2ccccc2-c2ccccc21. The van der Waals surface area contributed by atoms with Gasteiger partial charge in [0.15, 0.2) is 0 Å². The van der Waals surface area contributed by atoms with Crippen molar-refractivity contribution in [1.82, 2.24) is 20.4 Å². The molecule has 0 aliphatic heterocycles. The Morgan fingerprint density at radius 3 is 2.17 bits per heavy atom. The molecule has 0 saturated carbocycles. The molecule has 13 heteroatoms. The molecule has 0 spiro atoms. The molecule has 13 nitrogen and oxygen atoms in total. The molecule has 4 amide bonds. The molecule has 0 unspecified atom stereocenters. The Labute approximate surface area is 238 Å². The Morgan fingerprint density at radius 2 is 1.51 bits per heavy atom. The predicted octanol–water partition coefficient (Wildman–Crippen LogP) is 2.28. The van der Waals surface area contributed by atoms with Crippen LogP contribution in [0.4, 0.5) is 4.79 Å². The third-order valence-electron chi connectivity index (χ3n) is 6.52. The van der Waals surface area contributed by atoms with Gasteiger partial charge in [-0.2, -0.15) is 0 Å². The highest BCUT2D eigenvalue weighted by Crippen LogP contribution is 2.44. The first kappa shape index (κ1) is 30.9. The minimum Gasteiger partial charge on any atom is -0.449 e. The van der Waals surface area contributed by atoms with Gasteiger partial charge in [-0.15, -0.1) is 0 Å². The number of nitrogens with one attached hydrogen (secondary N) is 2. The number of hydrogen-bond acceptors (Lipinski definition) is 7. The van der Waals surface area contributed by atoms with Crippen molar-refractivity contribution in [3.05, 3.63) is 70.1 Å². The lowest BCUT2D eigenvalue weighted by Crippen LogP contribution is -2.44. The van der Waals surface area contributed by atoms with Crippen LogP contribution in [0.3, 0.4) is 0 Å². The molecule has 0 atom stereocenters. The number of benzene rings is 2. The van der Waals surface area contributed by atoms with Gasteiger partial charge >= 0.3 is 6.09 Å². The van der Waals surface area contributed by atoms with Crippen molar-refractivity contribution in [3.63, 3.8) is 0 Å². The lowest BCUT2D eigenvalue weighted by Gasteiger charge is -2.22. The number of likely N-dealkylation sites (N-methyl/N-ethyl adjacent to an activating group) is 2. The van der Waals surface area contributed by atoms with Gasteiger partial charge in [-0.1, -0.05) is 53.6 Å². The van der Waals surface area contributed by atoms with E-state index in [2.05, 4.69) is 32.8 Å². The molecule has 0 bridgehead atoms. The molecule has 0 heterocycles. The topological polar surface area (TPSA) is 166 Å². The van der Waals surface area contributed by atoms with Crippen molar-refractivity contribution in [2.75, 3.05) is 66.6 Å². The second kappa shape index (κ2) is 15.8. The fourth-order valence-corrected chi connectivity index (χ4v) is 4.40. The fraction of sp³-hybridized carbons (Fsp3) is 0.429. The summed E-state index contributed by atoms with van der Waals surface area (Å²) in [6.45, 7) is 0.778. The average molecular weight is 566 g/mol. The van der Waals surface area contributed by atoms with Crippen LogP contribution >= 0.6 is 0 Å². The number of fused-ring (bicyclic) bond motifs is 3. The van der Waals surface area contributed by atoms with Gasteiger partial charge < -0.3 is 29.9 Å². The van der Waals surface area contributed by atoms with Crippen molar-refractivity contribution in [2.24, 2.45) is 5.11 Å². The maximum absolute atomic E-state index is 12.5. The molecule has 1 aliphatic carbocycles. The van der Waals surface area contributed by atoms with E-state index < -0.39 is 12.0 Å². The molecule has 0 fully saturated rings. The summed E-state index contributed by atoms with van der Waals surface area (Å²) in [5.41, 5.74) is 12.7. The van der Waals surface area contributed by atoms with E-state index in [1.165, 1.54) is 23.9 Å². The third kappa shape index (κ3) is 9.23. The van der Waals surface area contributed by atoms with Crippen LogP contribution < -0.4 is 10.6 Å². The monoisotopic (exact) mass is 565 g/mol. The highest BCUT2D eigenvalue weighted by atomic mass is 16.5. The molecular formula is C28H35N7O6. The first-order valence-electron chi connectivity index (χ1n) is 13.2. The van der Waals surface area contributed by atoms with Crippen LogP contribution in [0.1, 0.15) is 23.5 Å². The molecule has 0 radical (unpaired) electrons. The number of alkyl carbamates (subject to hydrolysis) is 1. The highest BCUT2D eigenvalue weighted by Gasteiger charge is 2.29. The fourth-order valence-electron chi connectivity index (χ4n) is 4.40. The van der Waals surface area contributed by atoms with Crippen LogP contribution in [-0.2, 0) is 23.9 Å². The summed E-state index contributed by atoms with van der Waals surface area (Å²) in [5.74, 6) is -1.19. The molecule has 2 aromatic carbocycles. The molecule has 3 rings (SSSR count). The average Bonchev–Trinajstić information content (AvgIpc) is 3.29. The van der Waals surface area contributed by atoms with Crippen molar-refractivity contribution < 1.29 is 28.7 Å². The first-order chi connectivity index (χ1) is 19.8. The highest BCUT2D eigenvalue weighted by molar-refractivity contribution is 5.88. The summed E-state index contributed by atoms with van der Waals surface area (Å²) in [4.78, 5) is 54.3. The Bertz CT molecular complexity index is 1230. The summed E-state index contributed by atoms with van der Waals surface area (Å²) < 4.78 is 10.7. The van der Waals surface area contributed by atoms with Crippen LogP contribution in [-0.4, -0.2) is 100 Å². The summed E-state index contributed by atoms with van der Waals surface area (Å²) in [7, 11) is 2.95. The largest absolute Gasteiger partial charge is 0.449 e. The van der Waals surface area contributed by atoms with Crippen molar-refractivity contribution in [3.8, 4) is 11.1 Å². The maximum atomic E-state index is 12.5. The van der Waals surface area contributed by atoms with E-state index in [-0.39, 0.29) is 76.7 Å². The number of hydrogen-bond donors (Lipinski definition) is 2. The Kier molecular flexibility index (Phi) is 12.0. The van der Waals surface area contributed by atoms with Crippen molar-refractivity contribution >= 4 is 23.8 Å². The molecule has 0 saturated heterocycles. The summed E-state index contributed by atoms with van der Waals surface area (Å²) in [5, 5.41) is 8.54. The van der Waals surface area contributed by atoms with Gasteiger partial charge in [0.25, 0.3) is 0 Å². The van der Waals surface area contributed by atoms with E-state index >= 15 is 0 Å². The smallest absolute Gasteiger partial charge is 0.407 e. The number of carbonyl (C=O) groups is 4.